The van der Waals surface area contributed by atoms with E-state index in [0.717, 1.165) is 11.1 Å². The fourth-order valence-electron chi connectivity index (χ4n) is 3.11. The van der Waals surface area contributed by atoms with E-state index < -0.39 is 6.09 Å². The van der Waals surface area contributed by atoms with Gasteiger partial charge in [0, 0.05) is 23.5 Å². The van der Waals surface area contributed by atoms with Crippen molar-refractivity contribution in [1.82, 2.24) is 10.3 Å². The number of nitrogens with two attached hydrogens (primary N) is 1. The third kappa shape index (κ3) is 5.82. The minimum Gasteiger partial charge on any atom is -0.441 e. The van der Waals surface area contributed by atoms with Gasteiger partial charge in [0.25, 0.3) is 5.91 Å². The Labute approximate surface area is 181 Å². The number of carbonyl (C=O) groups is 2. The summed E-state index contributed by atoms with van der Waals surface area (Å²) in [5.74, 6) is -0.258. The number of para-hydroxylation sites is 2. The zero-order valence-electron chi connectivity index (χ0n) is 17.5. The SMILES string of the molecule is CC[C@H](OC(=O)N[C@@H](C)c1ccc(C(=O)Nc2ccccc2N)cc1)c1cccnc1. The van der Waals surface area contributed by atoms with Crippen LogP contribution in [0.15, 0.2) is 73.1 Å². The third-order valence-electron chi connectivity index (χ3n) is 4.89. The molecule has 31 heavy (non-hydrogen) atoms. The molecule has 0 bridgehead atoms. The number of hydrogen-bond donors (Lipinski definition) is 3. The number of nitrogens with zero attached hydrogens (tertiary/aromatic N) is 1. The van der Waals surface area contributed by atoms with Crippen molar-refractivity contribution in [1.29, 1.82) is 0 Å². The van der Waals surface area contributed by atoms with Gasteiger partial charge in [0.05, 0.1) is 17.4 Å². The lowest BCUT2D eigenvalue weighted by molar-refractivity contribution is 0.0924. The molecule has 160 valence electrons. The van der Waals surface area contributed by atoms with E-state index in [1.165, 1.54) is 0 Å². The Kier molecular flexibility index (Phi) is 7.22. The van der Waals surface area contributed by atoms with Crippen LogP contribution in [-0.2, 0) is 4.74 Å². The molecule has 0 saturated heterocycles. The first-order chi connectivity index (χ1) is 15.0. The van der Waals surface area contributed by atoms with Gasteiger partial charge in [-0.25, -0.2) is 4.79 Å². The zero-order valence-corrected chi connectivity index (χ0v) is 17.5. The summed E-state index contributed by atoms with van der Waals surface area (Å²) in [5, 5.41) is 5.62. The van der Waals surface area contributed by atoms with E-state index >= 15 is 0 Å². The molecule has 0 aliphatic rings. The van der Waals surface area contributed by atoms with Gasteiger partial charge in [0.2, 0.25) is 0 Å². The number of amides is 2. The number of anilines is 2. The number of benzene rings is 2. The number of alkyl carbamates (subject to hydrolysis) is 1. The normalized spacial score (nSPS) is 12.5. The highest BCUT2D eigenvalue weighted by Gasteiger charge is 2.17. The summed E-state index contributed by atoms with van der Waals surface area (Å²) < 4.78 is 5.55. The Morgan fingerprint density at radius 3 is 2.42 bits per heavy atom. The molecule has 0 fully saturated rings. The number of rotatable bonds is 7. The van der Waals surface area contributed by atoms with Crippen molar-refractivity contribution < 1.29 is 14.3 Å². The van der Waals surface area contributed by atoms with E-state index in [4.69, 9.17) is 10.5 Å². The number of nitrogens with one attached hydrogen (secondary N) is 2. The van der Waals surface area contributed by atoms with Crippen LogP contribution in [0.5, 0.6) is 0 Å². The van der Waals surface area contributed by atoms with Crippen LogP contribution < -0.4 is 16.4 Å². The van der Waals surface area contributed by atoms with Crippen molar-refractivity contribution in [2.24, 2.45) is 0 Å². The Morgan fingerprint density at radius 2 is 1.77 bits per heavy atom. The van der Waals surface area contributed by atoms with Crippen molar-refractivity contribution in [3.05, 3.63) is 89.7 Å². The molecule has 0 spiro atoms. The minimum absolute atomic E-state index is 0.258. The third-order valence-corrected chi connectivity index (χ3v) is 4.89. The lowest BCUT2D eigenvalue weighted by Gasteiger charge is -2.19. The molecule has 0 unspecified atom stereocenters. The predicted molar refractivity (Wildman–Crippen MR) is 121 cm³/mol. The van der Waals surface area contributed by atoms with Crippen LogP contribution in [0.1, 0.15) is 53.9 Å². The second kappa shape index (κ2) is 10.2. The highest BCUT2D eigenvalue weighted by atomic mass is 16.6. The topological polar surface area (TPSA) is 106 Å². The molecule has 7 nitrogen and oxygen atoms in total. The second-order valence-electron chi connectivity index (χ2n) is 7.12. The highest BCUT2D eigenvalue weighted by Crippen LogP contribution is 2.22. The molecule has 3 aromatic rings. The van der Waals surface area contributed by atoms with Crippen LogP contribution in [0.25, 0.3) is 0 Å². The lowest BCUT2D eigenvalue weighted by atomic mass is 10.1. The van der Waals surface area contributed by atoms with E-state index in [2.05, 4.69) is 15.6 Å². The first kappa shape index (κ1) is 21.8. The number of ether oxygens (including phenoxy) is 1. The van der Waals surface area contributed by atoms with Crippen LogP contribution in [0, 0.1) is 0 Å². The van der Waals surface area contributed by atoms with Crippen LogP contribution in [0.4, 0.5) is 16.2 Å². The molecule has 2 atom stereocenters. The molecule has 0 aliphatic carbocycles. The maximum atomic E-state index is 12.5. The molecule has 2 amide bonds. The first-order valence-electron chi connectivity index (χ1n) is 10.1. The molecule has 0 saturated carbocycles. The molecular formula is C24H26N4O3. The molecule has 4 N–H and O–H groups in total. The molecule has 0 radical (unpaired) electrons. The van der Waals surface area contributed by atoms with Gasteiger partial charge in [-0.05, 0) is 49.2 Å². The van der Waals surface area contributed by atoms with Gasteiger partial charge in [-0.1, -0.05) is 37.3 Å². The Bertz CT molecular complexity index is 1020. The average molecular weight is 418 g/mol. The molecule has 0 aliphatic heterocycles. The summed E-state index contributed by atoms with van der Waals surface area (Å²) in [7, 11) is 0. The Morgan fingerprint density at radius 1 is 1.03 bits per heavy atom. The van der Waals surface area contributed by atoms with Gasteiger partial charge < -0.3 is 21.1 Å². The van der Waals surface area contributed by atoms with Crippen LogP contribution >= 0.6 is 0 Å². The van der Waals surface area contributed by atoms with Crippen LogP contribution in [0.2, 0.25) is 0 Å². The number of aromatic nitrogens is 1. The van der Waals surface area contributed by atoms with Gasteiger partial charge in [0.15, 0.2) is 0 Å². The lowest BCUT2D eigenvalue weighted by Crippen LogP contribution is -2.28. The molecule has 2 aromatic carbocycles. The fraction of sp³-hybridized carbons (Fsp3) is 0.208. The van der Waals surface area contributed by atoms with E-state index in [9.17, 15) is 9.59 Å². The number of nitrogen functional groups attached to an aromatic ring is 1. The van der Waals surface area contributed by atoms with E-state index in [0.29, 0.717) is 23.4 Å². The maximum absolute atomic E-state index is 12.5. The molecule has 3 rings (SSSR count). The largest absolute Gasteiger partial charge is 0.441 e. The molecule has 1 heterocycles. The number of hydrogen-bond acceptors (Lipinski definition) is 5. The van der Waals surface area contributed by atoms with Crippen molar-refractivity contribution >= 4 is 23.4 Å². The van der Waals surface area contributed by atoms with Crippen molar-refractivity contribution in [2.45, 2.75) is 32.4 Å². The summed E-state index contributed by atoms with van der Waals surface area (Å²) in [6.45, 7) is 3.80. The monoisotopic (exact) mass is 418 g/mol. The molecule has 7 heteroatoms. The van der Waals surface area contributed by atoms with Crippen LogP contribution in [-0.4, -0.2) is 17.0 Å². The Hall–Kier alpha value is -3.87. The standard InChI is InChI=1S/C24H26N4O3/c1-3-22(19-7-6-14-26-15-19)31-24(30)27-16(2)17-10-12-18(13-11-17)23(29)28-21-9-5-4-8-20(21)25/h4-16,22H,3,25H2,1-2H3,(H,27,30)(H,28,29)/t16-,22-/m0/s1. The number of carbonyl (C=O) groups excluding carboxylic acids is 2. The average Bonchev–Trinajstić information content (AvgIpc) is 2.79. The van der Waals surface area contributed by atoms with E-state index in [-0.39, 0.29) is 18.1 Å². The summed E-state index contributed by atoms with van der Waals surface area (Å²) in [5.41, 5.74) is 9.12. The van der Waals surface area contributed by atoms with Gasteiger partial charge in [-0.15, -0.1) is 0 Å². The summed E-state index contributed by atoms with van der Waals surface area (Å²) in [4.78, 5) is 28.9. The van der Waals surface area contributed by atoms with E-state index in [1.807, 2.05) is 26.0 Å². The van der Waals surface area contributed by atoms with Gasteiger partial charge in [-0.3, -0.25) is 9.78 Å². The van der Waals surface area contributed by atoms with Gasteiger partial charge in [-0.2, -0.15) is 0 Å². The van der Waals surface area contributed by atoms with Crippen molar-refractivity contribution in [3.8, 4) is 0 Å². The predicted octanol–water partition coefficient (Wildman–Crippen LogP) is 4.85. The second-order valence-corrected chi connectivity index (χ2v) is 7.12. The first-order valence-corrected chi connectivity index (χ1v) is 10.1. The maximum Gasteiger partial charge on any atom is 0.408 e. The minimum atomic E-state index is -0.510. The quantitative estimate of drug-likeness (QED) is 0.475. The van der Waals surface area contributed by atoms with Gasteiger partial charge in [0.1, 0.15) is 6.10 Å². The zero-order chi connectivity index (χ0) is 22.2. The van der Waals surface area contributed by atoms with Crippen molar-refractivity contribution in [2.75, 3.05) is 11.1 Å². The van der Waals surface area contributed by atoms with Crippen molar-refractivity contribution in [3.63, 3.8) is 0 Å². The summed E-state index contributed by atoms with van der Waals surface area (Å²) in [6.07, 6.45) is 3.14. The van der Waals surface area contributed by atoms with E-state index in [1.54, 1.807) is 60.9 Å². The smallest absolute Gasteiger partial charge is 0.408 e. The fourth-order valence-corrected chi connectivity index (χ4v) is 3.11. The summed E-state index contributed by atoms with van der Waals surface area (Å²) >= 11 is 0. The Balaban J connectivity index is 1.58. The van der Waals surface area contributed by atoms with Crippen LogP contribution in [0.3, 0.4) is 0 Å². The van der Waals surface area contributed by atoms with Gasteiger partial charge >= 0.3 is 6.09 Å². The molecule has 1 aromatic heterocycles. The summed E-state index contributed by atoms with van der Waals surface area (Å²) in [6, 6.07) is 17.5. The highest BCUT2D eigenvalue weighted by molar-refractivity contribution is 6.05. The molecular weight excluding hydrogens is 392 g/mol. The number of pyridine rings is 1.